The lowest BCUT2D eigenvalue weighted by molar-refractivity contribution is -0.113. The number of rotatable bonds is 5. The van der Waals surface area contributed by atoms with Crippen molar-refractivity contribution in [3.63, 3.8) is 0 Å². The number of benzene rings is 1. The third-order valence-electron chi connectivity index (χ3n) is 4.91. The first-order valence-corrected chi connectivity index (χ1v) is 11.2. The number of fused-ring (bicyclic) bond motifs is 3. The first-order chi connectivity index (χ1) is 13.1. The number of carbonyl (C=O) groups is 1. The van der Waals surface area contributed by atoms with E-state index in [1.165, 1.54) is 40.4 Å². The van der Waals surface area contributed by atoms with Crippen LogP contribution in [-0.2, 0) is 17.6 Å². The molecule has 2 aromatic heterocycles. The molecule has 1 amide bonds. The number of aryl methyl sites for hydroxylation is 2. The third kappa shape index (κ3) is 3.87. The minimum absolute atomic E-state index is 0.00367. The molecular weight excluding hydrogens is 374 g/mol. The normalized spacial score (nSPS) is 13.7. The maximum Gasteiger partial charge on any atom is 0.234 e. The van der Waals surface area contributed by atoms with Gasteiger partial charge in [0.2, 0.25) is 5.91 Å². The number of carbonyl (C=O) groups excluding carboxylic acids is 1. The molecule has 1 N–H and O–H groups in total. The molecule has 0 aliphatic heterocycles. The maximum absolute atomic E-state index is 12.6. The van der Waals surface area contributed by atoms with E-state index in [9.17, 15) is 4.79 Å². The summed E-state index contributed by atoms with van der Waals surface area (Å²) < 4.78 is 0. The molecule has 0 saturated heterocycles. The molecule has 0 radical (unpaired) electrons. The van der Waals surface area contributed by atoms with Crippen LogP contribution in [0, 0.1) is 0 Å². The van der Waals surface area contributed by atoms with Gasteiger partial charge >= 0.3 is 0 Å². The average molecular weight is 398 g/mol. The number of para-hydroxylation sites is 1. The van der Waals surface area contributed by atoms with Crippen molar-refractivity contribution in [2.75, 3.05) is 11.1 Å². The highest BCUT2D eigenvalue weighted by atomic mass is 32.2. The largest absolute Gasteiger partial charge is 0.325 e. The SMILES string of the molecule is CC(C)c1ccccc1NC(=O)CSc1ncnc2sc3c(c12)CCCC3. The summed E-state index contributed by atoms with van der Waals surface area (Å²) in [5.41, 5.74) is 3.47. The standard InChI is InChI=1S/C21H23N3OS2/c1-13(2)14-7-3-5-9-16(14)24-18(25)11-26-20-19-15-8-4-6-10-17(15)27-21(19)23-12-22-20/h3,5,7,9,12-13H,4,6,8,10-11H2,1-2H3,(H,24,25). The molecule has 0 saturated carbocycles. The van der Waals surface area contributed by atoms with Crippen LogP contribution >= 0.6 is 23.1 Å². The molecule has 4 rings (SSSR count). The van der Waals surface area contributed by atoms with Gasteiger partial charge in [0.1, 0.15) is 16.2 Å². The summed E-state index contributed by atoms with van der Waals surface area (Å²) in [7, 11) is 0. The molecule has 2 heterocycles. The van der Waals surface area contributed by atoms with E-state index in [1.54, 1.807) is 17.7 Å². The van der Waals surface area contributed by atoms with Crippen molar-refractivity contribution in [1.29, 1.82) is 0 Å². The van der Waals surface area contributed by atoms with Crippen molar-refractivity contribution >= 4 is 44.9 Å². The van der Waals surface area contributed by atoms with Gasteiger partial charge in [-0.05, 0) is 48.8 Å². The van der Waals surface area contributed by atoms with E-state index in [0.717, 1.165) is 33.9 Å². The van der Waals surface area contributed by atoms with E-state index in [4.69, 9.17) is 0 Å². The van der Waals surface area contributed by atoms with E-state index in [2.05, 4.69) is 35.2 Å². The molecule has 0 fully saturated rings. The molecule has 0 bridgehead atoms. The summed E-state index contributed by atoms with van der Waals surface area (Å²) in [5.74, 6) is 0.723. The van der Waals surface area contributed by atoms with Crippen LogP contribution in [0.15, 0.2) is 35.6 Å². The van der Waals surface area contributed by atoms with Crippen LogP contribution in [0.1, 0.15) is 48.6 Å². The second-order valence-electron chi connectivity index (χ2n) is 7.15. The summed E-state index contributed by atoms with van der Waals surface area (Å²) in [6, 6.07) is 8.01. The lowest BCUT2D eigenvalue weighted by atomic mass is 9.97. The number of hydrogen-bond acceptors (Lipinski definition) is 5. The summed E-state index contributed by atoms with van der Waals surface area (Å²) in [6.45, 7) is 4.27. The zero-order valence-corrected chi connectivity index (χ0v) is 17.3. The van der Waals surface area contributed by atoms with Crippen LogP contribution < -0.4 is 5.32 Å². The average Bonchev–Trinajstić information content (AvgIpc) is 3.06. The minimum Gasteiger partial charge on any atom is -0.325 e. The van der Waals surface area contributed by atoms with Gasteiger partial charge in [0.25, 0.3) is 0 Å². The third-order valence-corrected chi connectivity index (χ3v) is 7.10. The number of hydrogen-bond donors (Lipinski definition) is 1. The highest BCUT2D eigenvalue weighted by Gasteiger charge is 2.20. The predicted molar refractivity (Wildman–Crippen MR) is 114 cm³/mol. The van der Waals surface area contributed by atoms with Crippen LogP contribution in [-0.4, -0.2) is 21.6 Å². The monoisotopic (exact) mass is 397 g/mol. The molecule has 1 aromatic carbocycles. The number of anilines is 1. The molecule has 27 heavy (non-hydrogen) atoms. The van der Waals surface area contributed by atoms with E-state index >= 15 is 0 Å². The number of aromatic nitrogens is 2. The van der Waals surface area contributed by atoms with Crippen LogP contribution in [0.3, 0.4) is 0 Å². The second kappa shape index (κ2) is 7.98. The maximum atomic E-state index is 12.6. The molecule has 4 nitrogen and oxygen atoms in total. The first kappa shape index (κ1) is 18.4. The van der Waals surface area contributed by atoms with Gasteiger partial charge < -0.3 is 5.32 Å². The quantitative estimate of drug-likeness (QED) is 0.461. The molecule has 3 aromatic rings. The smallest absolute Gasteiger partial charge is 0.234 e. The van der Waals surface area contributed by atoms with Crippen LogP contribution in [0.25, 0.3) is 10.2 Å². The van der Waals surface area contributed by atoms with E-state index in [1.807, 2.05) is 18.2 Å². The van der Waals surface area contributed by atoms with Crippen molar-refractivity contribution in [3.8, 4) is 0 Å². The molecule has 0 atom stereocenters. The van der Waals surface area contributed by atoms with Gasteiger partial charge in [-0.1, -0.05) is 43.8 Å². The van der Waals surface area contributed by atoms with Crippen LogP contribution in [0.4, 0.5) is 5.69 Å². The second-order valence-corrected chi connectivity index (χ2v) is 9.20. The zero-order valence-electron chi connectivity index (χ0n) is 15.6. The number of amides is 1. The van der Waals surface area contributed by atoms with E-state index in [0.29, 0.717) is 11.7 Å². The van der Waals surface area contributed by atoms with Gasteiger partial charge in [-0.3, -0.25) is 4.79 Å². The molecule has 1 aliphatic rings. The first-order valence-electron chi connectivity index (χ1n) is 9.40. The summed E-state index contributed by atoms with van der Waals surface area (Å²) in [4.78, 5) is 24.0. The highest BCUT2D eigenvalue weighted by molar-refractivity contribution is 8.00. The number of nitrogens with one attached hydrogen (secondary N) is 1. The Morgan fingerprint density at radius 2 is 2.04 bits per heavy atom. The molecule has 1 aliphatic carbocycles. The van der Waals surface area contributed by atoms with Crippen molar-refractivity contribution in [2.45, 2.75) is 50.5 Å². The van der Waals surface area contributed by atoms with Gasteiger partial charge in [0, 0.05) is 16.0 Å². The van der Waals surface area contributed by atoms with Gasteiger partial charge in [0.15, 0.2) is 0 Å². The van der Waals surface area contributed by atoms with Gasteiger partial charge in [-0.15, -0.1) is 11.3 Å². The van der Waals surface area contributed by atoms with E-state index < -0.39 is 0 Å². The Hall–Kier alpha value is -1.92. The minimum atomic E-state index is 0.00367. The lowest BCUT2D eigenvalue weighted by Crippen LogP contribution is -2.15. The highest BCUT2D eigenvalue weighted by Crippen LogP contribution is 2.39. The Labute approximate surface area is 167 Å². The van der Waals surface area contributed by atoms with E-state index in [-0.39, 0.29) is 5.91 Å². The molecule has 140 valence electrons. The summed E-state index contributed by atoms with van der Waals surface area (Å²) in [5, 5.41) is 5.18. The molecule has 6 heteroatoms. The van der Waals surface area contributed by atoms with Gasteiger partial charge in [-0.2, -0.15) is 0 Å². The fourth-order valence-electron chi connectivity index (χ4n) is 3.61. The predicted octanol–water partition coefficient (Wildman–Crippen LogP) is 5.42. The molecule has 0 unspecified atom stereocenters. The summed E-state index contributed by atoms with van der Waals surface area (Å²) >= 11 is 3.30. The summed E-state index contributed by atoms with van der Waals surface area (Å²) in [6.07, 6.45) is 6.35. The lowest BCUT2D eigenvalue weighted by Gasteiger charge is -2.14. The van der Waals surface area contributed by atoms with Crippen LogP contribution in [0.2, 0.25) is 0 Å². The Morgan fingerprint density at radius 1 is 1.22 bits per heavy atom. The van der Waals surface area contributed by atoms with Crippen molar-refractivity contribution in [3.05, 3.63) is 46.6 Å². The Morgan fingerprint density at radius 3 is 2.89 bits per heavy atom. The zero-order chi connectivity index (χ0) is 18.8. The number of thiophene rings is 1. The Kier molecular flexibility index (Phi) is 5.45. The van der Waals surface area contributed by atoms with Crippen LogP contribution in [0.5, 0.6) is 0 Å². The topological polar surface area (TPSA) is 54.9 Å². The number of thioether (sulfide) groups is 1. The van der Waals surface area contributed by atoms with Crippen molar-refractivity contribution in [2.24, 2.45) is 0 Å². The van der Waals surface area contributed by atoms with Crippen molar-refractivity contribution < 1.29 is 4.79 Å². The molecular formula is C21H23N3OS2. The Balaban J connectivity index is 1.51. The van der Waals surface area contributed by atoms with Gasteiger partial charge in [0.05, 0.1) is 5.75 Å². The van der Waals surface area contributed by atoms with Gasteiger partial charge in [-0.25, -0.2) is 9.97 Å². The Bertz CT molecular complexity index is 981. The molecule has 0 spiro atoms. The number of nitrogens with zero attached hydrogens (tertiary/aromatic N) is 2. The fraction of sp³-hybridized carbons (Fsp3) is 0.381. The van der Waals surface area contributed by atoms with Crippen molar-refractivity contribution in [1.82, 2.24) is 9.97 Å². The fourth-order valence-corrected chi connectivity index (χ4v) is 5.72.